The van der Waals surface area contributed by atoms with Crippen LogP contribution in [0.25, 0.3) is 0 Å². The smallest absolute Gasteiger partial charge is 0.315 e. The van der Waals surface area contributed by atoms with Crippen LogP contribution in [0, 0.1) is 34.5 Å². The number of hydrogen-bond acceptors (Lipinski definition) is 4. The molecule has 0 aromatic carbocycles. The number of aliphatic hydroxyl groups is 1. The SMILES string of the molecule is C=C1C[C@]23C[C@@H]1CCC2C12CCC(O)C(C)(C(=O)O1)[C@H]2[C@@H]3C(=O)O. The van der Waals surface area contributed by atoms with Gasteiger partial charge in [-0.05, 0) is 56.8 Å². The van der Waals surface area contributed by atoms with Crippen LogP contribution in [-0.4, -0.2) is 33.9 Å². The Morgan fingerprint density at radius 1 is 1.33 bits per heavy atom. The van der Waals surface area contributed by atoms with Crippen LogP contribution in [0.5, 0.6) is 0 Å². The van der Waals surface area contributed by atoms with Crippen LogP contribution in [0.1, 0.15) is 45.4 Å². The van der Waals surface area contributed by atoms with E-state index in [4.69, 9.17) is 4.74 Å². The van der Waals surface area contributed by atoms with E-state index in [0.717, 1.165) is 25.7 Å². The van der Waals surface area contributed by atoms with Crippen LogP contribution in [0.3, 0.4) is 0 Å². The minimum atomic E-state index is -1.09. The molecule has 4 unspecified atom stereocenters. The van der Waals surface area contributed by atoms with Crippen LogP contribution < -0.4 is 0 Å². The number of ether oxygens (including phenoxy) is 1. The van der Waals surface area contributed by atoms with E-state index >= 15 is 0 Å². The largest absolute Gasteiger partial charge is 0.481 e. The third-order valence-electron chi connectivity index (χ3n) is 8.46. The molecule has 5 fully saturated rings. The van der Waals surface area contributed by atoms with Crippen molar-refractivity contribution in [1.29, 1.82) is 0 Å². The summed E-state index contributed by atoms with van der Waals surface area (Å²) in [4.78, 5) is 25.1. The Bertz CT molecular complexity index is 685. The minimum Gasteiger partial charge on any atom is -0.481 e. The van der Waals surface area contributed by atoms with Gasteiger partial charge in [-0.15, -0.1) is 0 Å². The fraction of sp³-hybridized carbons (Fsp3) is 0.789. The van der Waals surface area contributed by atoms with Crippen molar-refractivity contribution in [3.8, 4) is 0 Å². The summed E-state index contributed by atoms with van der Waals surface area (Å²) in [6.45, 7) is 5.95. The quantitative estimate of drug-likeness (QED) is 0.568. The lowest BCUT2D eigenvalue weighted by molar-refractivity contribution is -0.162. The Hall–Kier alpha value is -1.36. The molecule has 1 heterocycles. The molecule has 5 heteroatoms. The fourth-order valence-electron chi connectivity index (χ4n) is 7.66. The number of fused-ring (bicyclic) bond motifs is 1. The van der Waals surface area contributed by atoms with Crippen LogP contribution in [-0.2, 0) is 14.3 Å². The molecule has 0 radical (unpaired) electrons. The third kappa shape index (κ3) is 1.29. The highest BCUT2D eigenvalue weighted by Crippen LogP contribution is 2.77. The van der Waals surface area contributed by atoms with E-state index in [1.54, 1.807) is 6.92 Å². The maximum absolute atomic E-state index is 12.7. The Kier molecular flexibility index (Phi) is 2.53. The van der Waals surface area contributed by atoms with Gasteiger partial charge in [0.15, 0.2) is 0 Å². The summed E-state index contributed by atoms with van der Waals surface area (Å²) in [7, 11) is 0. The molecule has 130 valence electrons. The number of carboxylic acid groups (broad SMARTS) is 1. The normalized spacial score (nSPS) is 57.5. The van der Waals surface area contributed by atoms with Crippen molar-refractivity contribution in [1.82, 2.24) is 0 Å². The first-order valence-electron chi connectivity index (χ1n) is 9.09. The van der Waals surface area contributed by atoms with Crippen LogP contribution >= 0.6 is 0 Å². The van der Waals surface area contributed by atoms with Gasteiger partial charge in [0.1, 0.15) is 5.60 Å². The monoisotopic (exact) mass is 332 g/mol. The number of rotatable bonds is 1. The number of hydrogen-bond donors (Lipinski definition) is 2. The number of carboxylic acids is 1. The van der Waals surface area contributed by atoms with Gasteiger partial charge in [-0.2, -0.15) is 0 Å². The van der Waals surface area contributed by atoms with Crippen LogP contribution in [0.15, 0.2) is 12.2 Å². The van der Waals surface area contributed by atoms with E-state index in [-0.39, 0.29) is 11.3 Å². The molecule has 4 saturated carbocycles. The topological polar surface area (TPSA) is 83.8 Å². The number of carbonyl (C=O) groups is 2. The molecule has 1 saturated heterocycles. The Morgan fingerprint density at radius 3 is 2.79 bits per heavy atom. The molecule has 24 heavy (non-hydrogen) atoms. The lowest BCUT2D eigenvalue weighted by atomic mass is 9.59. The summed E-state index contributed by atoms with van der Waals surface area (Å²) in [5.41, 5.74) is -0.953. The van der Waals surface area contributed by atoms with E-state index in [1.165, 1.54) is 5.57 Å². The van der Waals surface area contributed by atoms with Gasteiger partial charge in [-0.3, -0.25) is 9.59 Å². The van der Waals surface area contributed by atoms with Crippen LogP contribution in [0.4, 0.5) is 0 Å². The zero-order chi connectivity index (χ0) is 17.1. The van der Waals surface area contributed by atoms with Crippen LogP contribution in [0.2, 0.25) is 0 Å². The zero-order valence-electron chi connectivity index (χ0n) is 14.0. The molecule has 4 bridgehead atoms. The molecule has 5 aliphatic rings. The molecule has 5 rings (SSSR count). The molecule has 1 aliphatic heterocycles. The van der Waals surface area contributed by atoms with Gasteiger partial charge >= 0.3 is 11.9 Å². The third-order valence-corrected chi connectivity index (χ3v) is 8.46. The second-order valence-corrected chi connectivity index (χ2v) is 9.07. The maximum Gasteiger partial charge on any atom is 0.315 e. The lowest BCUT2D eigenvalue weighted by Crippen LogP contribution is -2.53. The minimum absolute atomic E-state index is 0.0878. The summed E-state index contributed by atoms with van der Waals surface area (Å²) < 4.78 is 6.01. The molecule has 0 aromatic heterocycles. The highest BCUT2D eigenvalue weighted by molar-refractivity contribution is 5.85. The van der Waals surface area contributed by atoms with E-state index in [2.05, 4.69) is 6.58 Å². The predicted molar refractivity (Wildman–Crippen MR) is 83.8 cm³/mol. The van der Waals surface area contributed by atoms with E-state index in [9.17, 15) is 19.8 Å². The molecular formula is C19H24O5. The Balaban J connectivity index is 1.76. The number of aliphatic carboxylic acids is 1. The van der Waals surface area contributed by atoms with Gasteiger partial charge < -0.3 is 14.9 Å². The van der Waals surface area contributed by atoms with E-state index in [0.29, 0.717) is 18.8 Å². The van der Waals surface area contributed by atoms with Crippen molar-refractivity contribution < 1.29 is 24.5 Å². The van der Waals surface area contributed by atoms with Crippen molar-refractivity contribution >= 4 is 11.9 Å². The Labute approximate surface area is 141 Å². The van der Waals surface area contributed by atoms with Crippen molar-refractivity contribution in [3.63, 3.8) is 0 Å². The molecule has 2 N–H and O–H groups in total. The van der Waals surface area contributed by atoms with Crippen molar-refractivity contribution in [2.24, 2.45) is 34.5 Å². The summed E-state index contributed by atoms with van der Waals surface area (Å²) >= 11 is 0. The highest BCUT2D eigenvalue weighted by Gasteiger charge is 2.83. The van der Waals surface area contributed by atoms with E-state index in [1.807, 2.05) is 0 Å². The predicted octanol–water partition coefficient (Wildman–Crippen LogP) is 2.14. The summed E-state index contributed by atoms with van der Waals surface area (Å²) in [6.07, 6.45) is 3.81. The maximum atomic E-state index is 12.7. The summed E-state index contributed by atoms with van der Waals surface area (Å²) in [5, 5.41) is 20.8. The molecule has 0 aromatic rings. The first-order valence-corrected chi connectivity index (χ1v) is 9.09. The summed E-state index contributed by atoms with van der Waals surface area (Å²) in [6, 6.07) is 0. The zero-order valence-corrected chi connectivity index (χ0v) is 14.0. The van der Waals surface area contributed by atoms with E-state index < -0.39 is 40.9 Å². The summed E-state index contributed by atoms with van der Waals surface area (Å²) in [5.74, 6) is -1.78. The van der Waals surface area contributed by atoms with Gasteiger partial charge in [0, 0.05) is 11.8 Å². The number of carbonyl (C=O) groups excluding carboxylic acids is 1. The number of esters is 1. The number of aliphatic hydroxyl groups excluding tert-OH is 1. The Morgan fingerprint density at radius 2 is 2.08 bits per heavy atom. The molecule has 4 aliphatic carbocycles. The van der Waals surface area contributed by atoms with Gasteiger partial charge in [-0.25, -0.2) is 0 Å². The standard InChI is InChI=1S/C19H24O5/c1-9-7-18-8-10(9)3-4-11(18)19-6-5-12(20)17(2,16(23)24-19)14(19)13(18)15(21)22/h10-14,20H,1,3-8H2,2H3,(H,21,22)/t10-,11?,12?,13+,14+,17?,18-,19?/m0/s1. The average Bonchev–Trinajstić information content (AvgIpc) is 2.98. The average molecular weight is 332 g/mol. The van der Waals surface area contributed by atoms with Gasteiger partial charge in [-0.1, -0.05) is 12.2 Å². The molecule has 5 nitrogen and oxygen atoms in total. The van der Waals surface area contributed by atoms with Crippen molar-refractivity contribution in [2.45, 2.75) is 57.2 Å². The molecule has 1 spiro atoms. The fourth-order valence-corrected chi connectivity index (χ4v) is 7.66. The van der Waals surface area contributed by atoms with Gasteiger partial charge in [0.05, 0.1) is 17.4 Å². The molecule has 0 amide bonds. The number of allylic oxidation sites excluding steroid dienone is 1. The first-order chi connectivity index (χ1) is 11.3. The first kappa shape index (κ1) is 14.9. The second-order valence-electron chi connectivity index (χ2n) is 9.07. The molecular weight excluding hydrogens is 308 g/mol. The van der Waals surface area contributed by atoms with Gasteiger partial charge in [0.2, 0.25) is 0 Å². The highest BCUT2D eigenvalue weighted by atomic mass is 16.6. The van der Waals surface area contributed by atoms with Crippen molar-refractivity contribution in [3.05, 3.63) is 12.2 Å². The second kappa shape index (κ2) is 4.06. The molecule has 8 atom stereocenters. The van der Waals surface area contributed by atoms with Crippen molar-refractivity contribution in [2.75, 3.05) is 0 Å². The van der Waals surface area contributed by atoms with Gasteiger partial charge in [0.25, 0.3) is 0 Å². The lowest BCUT2D eigenvalue weighted by Gasteiger charge is -2.44.